The van der Waals surface area contributed by atoms with Crippen molar-refractivity contribution in [1.82, 2.24) is 4.72 Å². The molecule has 0 aliphatic rings. The van der Waals surface area contributed by atoms with Crippen LogP contribution in [0.3, 0.4) is 0 Å². The van der Waals surface area contributed by atoms with Gasteiger partial charge in [0.25, 0.3) is 0 Å². The average Bonchev–Trinajstić information content (AvgIpc) is 2.28. The van der Waals surface area contributed by atoms with Gasteiger partial charge in [-0.3, -0.25) is 5.41 Å². The Kier molecular flexibility index (Phi) is 4.86. The lowest BCUT2D eigenvalue weighted by atomic mass is 10.1. The van der Waals surface area contributed by atoms with E-state index in [1.165, 1.54) is 0 Å². The first-order chi connectivity index (χ1) is 8.33. The summed E-state index contributed by atoms with van der Waals surface area (Å²) in [4.78, 5) is 0.272. The second-order valence-electron chi connectivity index (χ2n) is 4.27. The fraction of sp³-hybridized carbons (Fsp3) is 0.417. The lowest BCUT2D eigenvalue weighted by Gasteiger charge is -2.08. The van der Waals surface area contributed by atoms with E-state index in [0.717, 1.165) is 11.1 Å². The highest BCUT2D eigenvalue weighted by atomic mass is 32.2. The minimum atomic E-state index is -3.46. The lowest BCUT2D eigenvalue weighted by molar-refractivity contribution is 0.579. The minimum Gasteiger partial charge on any atom is -0.388 e. The van der Waals surface area contributed by atoms with Crippen molar-refractivity contribution < 1.29 is 8.42 Å². The zero-order chi connectivity index (χ0) is 13.8. The van der Waals surface area contributed by atoms with E-state index in [-0.39, 0.29) is 17.3 Å². The summed E-state index contributed by atoms with van der Waals surface area (Å²) in [7, 11) is -3.46. The third-order valence-corrected chi connectivity index (χ3v) is 4.16. The molecule has 1 rings (SSSR count). The monoisotopic (exact) mass is 269 g/mol. The first-order valence-corrected chi connectivity index (χ1v) is 7.21. The molecule has 0 radical (unpaired) electrons. The Bertz CT molecular complexity index is 538. The van der Waals surface area contributed by atoms with Gasteiger partial charge in [0.1, 0.15) is 0 Å². The summed E-state index contributed by atoms with van der Waals surface area (Å²) in [6.07, 6.45) is 0.925. The fourth-order valence-electron chi connectivity index (χ4n) is 1.45. The summed E-state index contributed by atoms with van der Waals surface area (Å²) in [6, 6.07) is 5.04. The number of sulfonamides is 1. The summed E-state index contributed by atoms with van der Waals surface area (Å²) >= 11 is 0. The summed E-state index contributed by atoms with van der Waals surface area (Å²) < 4.78 is 26.4. The third-order valence-electron chi connectivity index (χ3n) is 2.70. The molecule has 4 N–H and O–H groups in total. The van der Waals surface area contributed by atoms with Gasteiger partial charge in [0.05, 0.1) is 10.7 Å². The van der Waals surface area contributed by atoms with Gasteiger partial charge in [-0.15, -0.1) is 0 Å². The van der Waals surface area contributed by atoms with Crippen LogP contribution in [-0.4, -0.2) is 20.8 Å². The first-order valence-electron chi connectivity index (χ1n) is 5.73. The number of hydrogen-bond acceptors (Lipinski definition) is 3. The van der Waals surface area contributed by atoms with Crippen LogP contribution in [0.1, 0.15) is 24.0 Å². The van der Waals surface area contributed by atoms with E-state index in [2.05, 4.69) is 4.72 Å². The van der Waals surface area contributed by atoms with Crippen LogP contribution in [0.15, 0.2) is 23.1 Å². The van der Waals surface area contributed by atoms with Crippen molar-refractivity contribution in [3.63, 3.8) is 0 Å². The summed E-state index contributed by atoms with van der Waals surface area (Å²) in [6.45, 7) is 4.10. The lowest BCUT2D eigenvalue weighted by Crippen LogP contribution is -2.25. The number of rotatable bonds is 6. The Labute approximate surface area is 108 Å². The Hall–Kier alpha value is -1.40. The molecule has 0 heterocycles. The maximum atomic E-state index is 11.9. The summed E-state index contributed by atoms with van der Waals surface area (Å²) in [5, 5.41) is 7.05. The molecule has 0 bridgehead atoms. The number of hydrogen-bond donors (Lipinski definition) is 3. The summed E-state index contributed by atoms with van der Waals surface area (Å²) in [5.41, 5.74) is 7.20. The van der Waals surface area contributed by atoms with E-state index < -0.39 is 10.0 Å². The highest BCUT2D eigenvalue weighted by Crippen LogP contribution is 2.14. The average molecular weight is 269 g/mol. The molecule has 0 saturated heterocycles. The molecule has 0 aliphatic carbocycles. The second kappa shape index (κ2) is 5.97. The molecule has 0 aliphatic heterocycles. The van der Waals surface area contributed by atoms with Crippen molar-refractivity contribution in [2.45, 2.75) is 31.6 Å². The van der Waals surface area contributed by atoms with Crippen molar-refractivity contribution in [2.24, 2.45) is 5.73 Å². The Morgan fingerprint density at radius 2 is 2.00 bits per heavy atom. The van der Waals surface area contributed by atoms with E-state index in [9.17, 15) is 8.42 Å². The maximum Gasteiger partial charge on any atom is 0.240 e. The van der Waals surface area contributed by atoms with Gasteiger partial charge in [-0.1, -0.05) is 6.07 Å². The van der Waals surface area contributed by atoms with Crippen LogP contribution in [-0.2, 0) is 10.0 Å². The molecule has 18 heavy (non-hydrogen) atoms. The van der Waals surface area contributed by atoms with Crippen molar-refractivity contribution in [3.8, 4) is 0 Å². The van der Waals surface area contributed by atoms with Crippen LogP contribution in [0.25, 0.3) is 0 Å². The van der Waals surface area contributed by atoms with Gasteiger partial charge in [0.2, 0.25) is 10.0 Å². The molecule has 0 amide bonds. The molecule has 1 aromatic carbocycles. The zero-order valence-electron chi connectivity index (χ0n) is 10.7. The maximum absolute atomic E-state index is 11.9. The van der Waals surface area contributed by atoms with Gasteiger partial charge >= 0.3 is 0 Å². The molecule has 0 saturated carbocycles. The van der Waals surface area contributed by atoms with Gasteiger partial charge in [0, 0.05) is 13.0 Å². The largest absolute Gasteiger partial charge is 0.388 e. The predicted molar refractivity (Wildman–Crippen MR) is 72.3 cm³/mol. The van der Waals surface area contributed by atoms with Gasteiger partial charge in [-0.2, -0.15) is 0 Å². The van der Waals surface area contributed by atoms with Crippen molar-refractivity contribution in [2.75, 3.05) is 6.54 Å². The molecule has 100 valence electrons. The van der Waals surface area contributed by atoms with E-state index >= 15 is 0 Å². The molecular formula is C12H19N3O2S. The Balaban J connectivity index is 2.68. The molecular weight excluding hydrogens is 250 g/mol. The first kappa shape index (κ1) is 14.7. The van der Waals surface area contributed by atoms with Crippen LogP contribution in [0.2, 0.25) is 0 Å². The van der Waals surface area contributed by atoms with Gasteiger partial charge in [-0.05, 0) is 43.5 Å². The highest BCUT2D eigenvalue weighted by molar-refractivity contribution is 7.89. The van der Waals surface area contributed by atoms with Crippen LogP contribution < -0.4 is 10.5 Å². The van der Waals surface area contributed by atoms with Crippen LogP contribution >= 0.6 is 0 Å². The minimum absolute atomic E-state index is 0.0698. The van der Waals surface area contributed by atoms with Gasteiger partial charge in [-0.25, -0.2) is 13.1 Å². The quantitative estimate of drug-likeness (QED) is 0.412. The third kappa shape index (κ3) is 4.12. The molecule has 1 aromatic rings. The standard InChI is InChI=1S/C12H19N3O2S/c1-9-5-6-11(8-10(9)2)18(16,17)15-7-3-4-12(13)14/h5-6,8,15H,3-4,7H2,1-2H3,(H3,13,14). The molecule has 0 fully saturated rings. The Morgan fingerprint density at radius 1 is 1.33 bits per heavy atom. The van der Waals surface area contributed by atoms with E-state index in [1.54, 1.807) is 18.2 Å². The number of nitrogens with two attached hydrogens (primary N) is 1. The van der Waals surface area contributed by atoms with Crippen molar-refractivity contribution >= 4 is 15.9 Å². The number of aryl methyl sites for hydroxylation is 2. The smallest absolute Gasteiger partial charge is 0.240 e. The zero-order valence-corrected chi connectivity index (χ0v) is 11.5. The van der Waals surface area contributed by atoms with Gasteiger partial charge < -0.3 is 5.73 Å². The fourth-order valence-corrected chi connectivity index (χ4v) is 2.61. The summed E-state index contributed by atoms with van der Waals surface area (Å²) in [5.74, 6) is 0.0698. The van der Waals surface area contributed by atoms with Crippen LogP contribution in [0.4, 0.5) is 0 Å². The topological polar surface area (TPSA) is 96.0 Å². The highest BCUT2D eigenvalue weighted by Gasteiger charge is 2.13. The van der Waals surface area contributed by atoms with E-state index in [4.69, 9.17) is 11.1 Å². The molecule has 0 unspecified atom stereocenters. The van der Waals surface area contributed by atoms with Crippen LogP contribution in [0.5, 0.6) is 0 Å². The van der Waals surface area contributed by atoms with E-state index in [0.29, 0.717) is 12.8 Å². The second-order valence-corrected chi connectivity index (χ2v) is 6.04. The van der Waals surface area contributed by atoms with Crippen molar-refractivity contribution in [3.05, 3.63) is 29.3 Å². The molecule has 0 atom stereocenters. The molecule has 0 aromatic heterocycles. The number of benzene rings is 1. The number of amidine groups is 1. The normalized spacial score (nSPS) is 11.4. The number of nitrogens with one attached hydrogen (secondary N) is 2. The van der Waals surface area contributed by atoms with E-state index in [1.807, 2.05) is 13.8 Å². The molecule has 5 nitrogen and oxygen atoms in total. The van der Waals surface area contributed by atoms with Crippen molar-refractivity contribution in [1.29, 1.82) is 5.41 Å². The molecule has 6 heteroatoms. The van der Waals surface area contributed by atoms with Crippen LogP contribution in [0, 0.1) is 19.3 Å². The SMILES string of the molecule is Cc1ccc(S(=O)(=O)NCCCC(=N)N)cc1C. The van der Waals surface area contributed by atoms with Gasteiger partial charge in [0.15, 0.2) is 0 Å². The molecule has 0 spiro atoms. The Morgan fingerprint density at radius 3 is 2.56 bits per heavy atom. The predicted octanol–water partition coefficient (Wildman–Crippen LogP) is 1.30.